The molecule has 0 aliphatic carbocycles. The van der Waals surface area contributed by atoms with Crippen LogP contribution in [0.15, 0.2) is 18.5 Å². The minimum Gasteiger partial charge on any atom is -0.488 e. The number of nitrogens with two attached hydrogens (primary N) is 1. The molecule has 2 N–H and O–H groups in total. The van der Waals surface area contributed by atoms with Crippen molar-refractivity contribution < 1.29 is 4.74 Å². The number of pyridine rings is 1. The summed E-state index contributed by atoms with van der Waals surface area (Å²) < 4.78 is 5.62. The maximum Gasteiger partial charge on any atom is 0.145 e. The average Bonchev–Trinajstić information content (AvgIpc) is 2.09. The largest absolute Gasteiger partial charge is 0.488 e. The number of hydrogen-bond donors (Lipinski definition) is 1. The number of nitrogen functional groups attached to an aromatic ring is 1. The fourth-order valence-electron chi connectivity index (χ4n) is 1.18. The SMILES string of the molecule is CCCC(C)Oc1ccncc1N. The van der Waals surface area contributed by atoms with Gasteiger partial charge in [-0.25, -0.2) is 0 Å². The van der Waals surface area contributed by atoms with Crippen LogP contribution in [0.2, 0.25) is 0 Å². The Morgan fingerprint density at radius 1 is 1.62 bits per heavy atom. The first-order valence-electron chi connectivity index (χ1n) is 4.60. The molecule has 0 amide bonds. The summed E-state index contributed by atoms with van der Waals surface area (Å²) in [6.07, 6.45) is 5.67. The maximum atomic E-state index is 5.68. The molecule has 1 aromatic rings. The second-order valence-corrected chi connectivity index (χ2v) is 3.13. The Balaban J connectivity index is 2.58. The van der Waals surface area contributed by atoms with Crippen molar-refractivity contribution in [3.8, 4) is 5.75 Å². The van der Waals surface area contributed by atoms with Crippen LogP contribution >= 0.6 is 0 Å². The van der Waals surface area contributed by atoms with Crippen LogP contribution in [-0.4, -0.2) is 11.1 Å². The van der Waals surface area contributed by atoms with Gasteiger partial charge in [-0.3, -0.25) is 4.98 Å². The van der Waals surface area contributed by atoms with Gasteiger partial charge in [0.15, 0.2) is 0 Å². The Hall–Kier alpha value is -1.25. The lowest BCUT2D eigenvalue weighted by Gasteiger charge is -2.14. The van der Waals surface area contributed by atoms with Crippen LogP contribution in [-0.2, 0) is 0 Å². The highest BCUT2D eigenvalue weighted by Crippen LogP contribution is 2.20. The Morgan fingerprint density at radius 2 is 2.38 bits per heavy atom. The van der Waals surface area contributed by atoms with Gasteiger partial charge in [0.2, 0.25) is 0 Å². The maximum absolute atomic E-state index is 5.68. The van der Waals surface area contributed by atoms with Gasteiger partial charge in [-0.05, 0) is 13.3 Å². The highest BCUT2D eigenvalue weighted by Gasteiger charge is 2.04. The van der Waals surface area contributed by atoms with E-state index in [1.54, 1.807) is 18.5 Å². The zero-order valence-corrected chi connectivity index (χ0v) is 8.16. The number of ether oxygens (including phenoxy) is 1. The predicted molar refractivity (Wildman–Crippen MR) is 53.6 cm³/mol. The van der Waals surface area contributed by atoms with Gasteiger partial charge in [0, 0.05) is 12.3 Å². The molecule has 0 aliphatic heterocycles. The molecule has 0 saturated heterocycles. The standard InChI is InChI=1S/C10H16N2O/c1-3-4-8(2)13-10-5-6-12-7-9(10)11/h5-8H,3-4,11H2,1-2H3. The first-order valence-corrected chi connectivity index (χ1v) is 4.60. The summed E-state index contributed by atoms with van der Waals surface area (Å²) in [5, 5.41) is 0. The highest BCUT2D eigenvalue weighted by atomic mass is 16.5. The minimum absolute atomic E-state index is 0.217. The topological polar surface area (TPSA) is 48.1 Å². The van der Waals surface area contributed by atoms with Crippen LogP contribution in [0.4, 0.5) is 5.69 Å². The first kappa shape index (κ1) is 9.84. The van der Waals surface area contributed by atoms with Crippen LogP contribution in [0.1, 0.15) is 26.7 Å². The van der Waals surface area contributed by atoms with E-state index in [2.05, 4.69) is 11.9 Å². The summed E-state index contributed by atoms with van der Waals surface area (Å²) in [7, 11) is 0. The van der Waals surface area contributed by atoms with Crippen LogP contribution in [0, 0.1) is 0 Å². The highest BCUT2D eigenvalue weighted by molar-refractivity contribution is 5.49. The number of hydrogen-bond acceptors (Lipinski definition) is 3. The van der Waals surface area contributed by atoms with Crippen molar-refractivity contribution in [3.05, 3.63) is 18.5 Å². The predicted octanol–water partition coefficient (Wildman–Crippen LogP) is 2.23. The van der Waals surface area contributed by atoms with Gasteiger partial charge >= 0.3 is 0 Å². The van der Waals surface area contributed by atoms with E-state index in [4.69, 9.17) is 10.5 Å². The van der Waals surface area contributed by atoms with Crippen molar-refractivity contribution in [2.24, 2.45) is 0 Å². The third-order valence-corrected chi connectivity index (χ3v) is 1.83. The molecule has 1 atom stereocenters. The molecule has 0 saturated carbocycles. The van der Waals surface area contributed by atoms with Crippen LogP contribution in [0.3, 0.4) is 0 Å². The molecule has 13 heavy (non-hydrogen) atoms. The molecule has 0 aromatic carbocycles. The minimum atomic E-state index is 0.217. The van der Waals surface area contributed by atoms with E-state index in [0.29, 0.717) is 5.69 Å². The first-order chi connectivity index (χ1) is 6.24. The zero-order chi connectivity index (χ0) is 9.68. The third-order valence-electron chi connectivity index (χ3n) is 1.83. The number of aromatic nitrogens is 1. The fraction of sp³-hybridized carbons (Fsp3) is 0.500. The van der Waals surface area contributed by atoms with Crippen LogP contribution < -0.4 is 10.5 Å². The summed E-state index contributed by atoms with van der Waals surface area (Å²) in [5.74, 6) is 0.732. The molecule has 3 heteroatoms. The molecule has 3 nitrogen and oxygen atoms in total. The van der Waals surface area contributed by atoms with Crippen molar-refractivity contribution in [3.63, 3.8) is 0 Å². The van der Waals surface area contributed by atoms with Crippen molar-refractivity contribution >= 4 is 5.69 Å². The van der Waals surface area contributed by atoms with Crippen molar-refractivity contribution in [2.75, 3.05) is 5.73 Å². The Kier molecular flexibility index (Phi) is 3.55. The summed E-state index contributed by atoms with van der Waals surface area (Å²) in [6.45, 7) is 4.18. The Labute approximate surface area is 78.9 Å². The smallest absolute Gasteiger partial charge is 0.145 e. The van der Waals surface area contributed by atoms with E-state index in [0.717, 1.165) is 18.6 Å². The Morgan fingerprint density at radius 3 is 3.00 bits per heavy atom. The van der Waals surface area contributed by atoms with E-state index in [1.807, 2.05) is 6.92 Å². The molecule has 1 rings (SSSR count). The normalized spacial score (nSPS) is 12.5. The van der Waals surface area contributed by atoms with Crippen molar-refractivity contribution in [1.82, 2.24) is 4.98 Å². The lowest BCUT2D eigenvalue weighted by atomic mass is 10.2. The molecule has 72 valence electrons. The van der Waals surface area contributed by atoms with Crippen molar-refractivity contribution in [1.29, 1.82) is 0 Å². The molecule has 0 aliphatic rings. The van der Waals surface area contributed by atoms with Crippen LogP contribution in [0.25, 0.3) is 0 Å². The lowest BCUT2D eigenvalue weighted by molar-refractivity contribution is 0.211. The molecule has 1 unspecified atom stereocenters. The molecule has 0 fully saturated rings. The fourth-order valence-corrected chi connectivity index (χ4v) is 1.18. The van der Waals surface area contributed by atoms with E-state index in [1.165, 1.54) is 0 Å². The van der Waals surface area contributed by atoms with Gasteiger partial charge in [0.25, 0.3) is 0 Å². The molecule has 0 bridgehead atoms. The number of nitrogens with zero attached hydrogens (tertiary/aromatic N) is 1. The second kappa shape index (κ2) is 4.70. The summed E-state index contributed by atoms with van der Waals surface area (Å²) >= 11 is 0. The lowest BCUT2D eigenvalue weighted by Crippen LogP contribution is -2.12. The van der Waals surface area contributed by atoms with Gasteiger partial charge in [0.05, 0.1) is 18.0 Å². The molecule has 1 aromatic heterocycles. The summed E-state index contributed by atoms with van der Waals surface area (Å²) in [4.78, 5) is 3.89. The van der Waals surface area contributed by atoms with Crippen LogP contribution in [0.5, 0.6) is 5.75 Å². The third kappa shape index (κ3) is 2.93. The van der Waals surface area contributed by atoms with Gasteiger partial charge in [-0.1, -0.05) is 13.3 Å². The van der Waals surface area contributed by atoms with E-state index in [-0.39, 0.29) is 6.10 Å². The molecular formula is C10H16N2O. The number of rotatable bonds is 4. The van der Waals surface area contributed by atoms with Gasteiger partial charge < -0.3 is 10.5 Å². The average molecular weight is 180 g/mol. The molecular weight excluding hydrogens is 164 g/mol. The Bertz CT molecular complexity index is 263. The van der Waals surface area contributed by atoms with Crippen molar-refractivity contribution in [2.45, 2.75) is 32.8 Å². The zero-order valence-electron chi connectivity index (χ0n) is 8.16. The number of anilines is 1. The van der Waals surface area contributed by atoms with E-state index in [9.17, 15) is 0 Å². The molecule has 1 heterocycles. The quantitative estimate of drug-likeness (QED) is 0.773. The van der Waals surface area contributed by atoms with E-state index < -0.39 is 0 Å². The van der Waals surface area contributed by atoms with Gasteiger partial charge in [0.1, 0.15) is 5.75 Å². The monoisotopic (exact) mass is 180 g/mol. The second-order valence-electron chi connectivity index (χ2n) is 3.13. The molecule has 0 radical (unpaired) electrons. The van der Waals surface area contributed by atoms with E-state index >= 15 is 0 Å². The van der Waals surface area contributed by atoms with Gasteiger partial charge in [-0.15, -0.1) is 0 Å². The summed E-state index contributed by atoms with van der Waals surface area (Å²) in [5.41, 5.74) is 6.28. The van der Waals surface area contributed by atoms with Gasteiger partial charge in [-0.2, -0.15) is 0 Å². The summed E-state index contributed by atoms with van der Waals surface area (Å²) in [6, 6.07) is 1.79. The molecule has 0 spiro atoms.